The van der Waals surface area contributed by atoms with Crippen molar-refractivity contribution in [3.05, 3.63) is 53.9 Å². The number of hydrogen-bond donors (Lipinski definition) is 1. The Hall–Kier alpha value is -2.56. The van der Waals surface area contributed by atoms with Gasteiger partial charge in [0, 0.05) is 25.8 Å². The molecule has 1 aromatic heterocycles. The lowest BCUT2D eigenvalue weighted by molar-refractivity contribution is 0.0954. The fraction of sp³-hybridized carbons (Fsp3) is 0.368. The number of nitrogens with zero attached hydrogens (tertiary/aromatic N) is 2. The highest BCUT2D eigenvalue weighted by atomic mass is 16.5. The first-order valence-electron chi connectivity index (χ1n) is 8.29. The van der Waals surface area contributed by atoms with Crippen LogP contribution in [0.2, 0.25) is 0 Å². The number of benzene rings is 1. The van der Waals surface area contributed by atoms with E-state index in [0.717, 1.165) is 36.5 Å². The van der Waals surface area contributed by atoms with Crippen LogP contribution in [0, 0.1) is 0 Å². The minimum absolute atomic E-state index is 0.0926. The van der Waals surface area contributed by atoms with Gasteiger partial charge < -0.3 is 15.0 Å². The molecule has 128 valence electrons. The van der Waals surface area contributed by atoms with Crippen molar-refractivity contribution < 1.29 is 9.53 Å². The molecule has 0 bridgehead atoms. The third-order valence-corrected chi connectivity index (χ3v) is 3.97. The van der Waals surface area contributed by atoms with E-state index < -0.39 is 0 Å². The maximum atomic E-state index is 12.3. The molecule has 2 aromatic rings. The van der Waals surface area contributed by atoms with Crippen LogP contribution in [-0.2, 0) is 6.42 Å². The van der Waals surface area contributed by atoms with Crippen LogP contribution in [0.5, 0.6) is 5.75 Å². The third kappa shape index (κ3) is 4.72. The molecule has 0 aliphatic heterocycles. The van der Waals surface area contributed by atoms with Crippen LogP contribution in [0.1, 0.15) is 29.8 Å². The van der Waals surface area contributed by atoms with Crippen LogP contribution in [0.3, 0.4) is 0 Å². The monoisotopic (exact) mass is 327 g/mol. The molecule has 2 rings (SSSR count). The molecule has 1 N–H and O–H groups in total. The van der Waals surface area contributed by atoms with Crippen molar-refractivity contribution in [2.75, 3.05) is 31.6 Å². The zero-order chi connectivity index (χ0) is 17.4. The molecule has 1 amide bonds. The van der Waals surface area contributed by atoms with E-state index in [9.17, 15) is 4.79 Å². The zero-order valence-electron chi connectivity index (χ0n) is 14.6. The Morgan fingerprint density at radius 1 is 1.17 bits per heavy atom. The molecule has 0 radical (unpaired) electrons. The number of nitrogens with one attached hydrogen (secondary N) is 1. The summed E-state index contributed by atoms with van der Waals surface area (Å²) >= 11 is 0. The number of amides is 1. The largest absolute Gasteiger partial charge is 0.497 e. The van der Waals surface area contributed by atoms with Crippen molar-refractivity contribution in [2.45, 2.75) is 20.3 Å². The van der Waals surface area contributed by atoms with Crippen molar-refractivity contribution in [3.63, 3.8) is 0 Å². The first-order chi connectivity index (χ1) is 11.7. The van der Waals surface area contributed by atoms with Gasteiger partial charge in [0.05, 0.1) is 24.6 Å². The molecule has 5 heteroatoms. The lowest BCUT2D eigenvalue weighted by atomic mass is 10.1. The Bertz CT molecular complexity index is 652. The molecule has 0 saturated carbocycles. The molecule has 1 heterocycles. The van der Waals surface area contributed by atoms with Crippen LogP contribution >= 0.6 is 0 Å². The van der Waals surface area contributed by atoms with Gasteiger partial charge in [-0.05, 0) is 44.0 Å². The normalized spacial score (nSPS) is 10.3. The molecule has 0 aliphatic rings. The molecule has 24 heavy (non-hydrogen) atoms. The van der Waals surface area contributed by atoms with Crippen LogP contribution in [0.25, 0.3) is 0 Å². The lowest BCUT2D eigenvalue weighted by Gasteiger charge is -2.20. The summed E-state index contributed by atoms with van der Waals surface area (Å²) in [5, 5.41) is 2.95. The van der Waals surface area contributed by atoms with Gasteiger partial charge in [0.25, 0.3) is 5.91 Å². The highest BCUT2D eigenvalue weighted by Gasteiger charge is 2.09. The fourth-order valence-corrected chi connectivity index (χ4v) is 2.53. The van der Waals surface area contributed by atoms with Gasteiger partial charge in [-0.1, -0.05) is 12.1 Å². The standard InChI is InChI=1S/C19H25N3O2/c1-4-22(5-2)17-12-16(13-20-14-17)19(23)21-11-10-15-6-8-18(24-3)9-7-15/h6-9,12-14H,4-5,10-11H2,1-3H3,(H,21,23). The van der Waals surface area contributed by atoms with Gasteiger partial charge in [-0.15, -0.1) is 0 Å². The summed E-state index contributed by atoms with van der Waals surface area (Å²) in [6.07, 6.45) is 4.18. The van der Waals surface area contributed by atoms with Gasteiger partial charge in [-0.3, -0.25) is 9.78 Å². The summed E-state index contributed by atoms with van der Waals surface area (Å²) in [4.78, 5) is 18.7. The molecule has 0 fully saturated rings. The Morgan fingerprint density at radius 2 is 1.88 bits per heavy atom. The summed E-state index contributed by atoms with van der Waals surface area (Å²) in [7, 11) is 1.65. The van der Waals surface area contributed by atoms with E-state index in [4.69, 9.17) is 4.74 Å². The Labute approximate surface area is 143 Å². The minimum atomic E-state index is -0.0926. The number of pyridine rings is 1. The lowest BCUT2D eigenvalue weighted by Crippen LogP contribution is -2.27. The molecule has 0 unspecified atom stereocenters. The highest BCUT2D eigenvalue weighted by molar-refractivity contribution is 5.94. The summed E-state index contributed by atoms with van der Waals surface area (Å²) in [5.41, 5.74) is 2.73. The molecule has 1 aromatic carbocycles. The van der Waals surface area contributed by atoms with Crippen LogP contribution < -0.4 is 15.0 Å². The fourth-order valence-electron chi connectivity index (χ4n) is 2.53. The maximum Gasteiger partial charge on any atom is 0.252 e. The van der Waals surface area contributed by atoms with E-state index in [0.29, 0.717) is 12.1 Å². The number of carbonyl (C=O) groups excluding carboxylic acids is 1. The van der Waals surface area contributed by atoms with Gasteiger partial charge in [-0.2, -0.15) is 0 Å². The Balaban J connectivity index is 1.91. The first kappa shape index (κ1) is 17.8. The molecule has 5 nitrogen and oxygen atoms in total. The number of methoxy groups -OCH3 is 1. The van der Waals surface area contributed by atoms with Crippen molar-refractivity contribution in [2.24, 2.45) is 0 Å². The van der Waals surface area contributed by atoms with Gasteiger partial charge >= 0.3 is 0 Å². The molecular formula is C19H25N3O2. The van der Waals surface area contributed by atoms with Crippen molar-refractivity contribution in [1.29, 1.82) is 0 Å². The molecular weight excluding hydrogens is 302 g/mol. The van der Waals surface area contributed by atoms with Gasteiger partial charge in [0.1, 0.15) is 5.75 Å². The number of hydrogen-bond acceptors (Lipinski definition) is 4. The maximum absolute atomic E-state index is 12.3. The smallest absolute Gasteiger partial charge is 0.252 e. The van der Waals surface area contributed by atoms with E-state index in [1.807, 2.05) is 30.3 Å². The Morgan fingerprint density at radius 3 is 2.50 bits per heavy atom. The highest BCUT2D eigenvalue weighted by Crippen LogP contribution is 2.14. The van der Waals surface area contributed by atoms with Gasteiger partial charge in [-0.25, -0.2) is 0 Å². The number of ether oxygens (including phenoxy) is 1. The van der Waals surface area contributed by atoms with Gasteiger partial charge in [0.15, 0.2) is 0 Å². The molecule has 0 aliphatic carbocycles. The predicted molar refractivity (Wildman–Crippen MR) is 96.8 cm³/mol. The Kier molecular flexibility index (Phi) is 6.61. The number of anilines is 1. The summed E-state index contributed by atoms with van der Waals surface area (Å²) < 4.78 is 5.14. The summed E-state index contributed by atoms with van der Waals surface area (Å²) in [6.45, 7) is 6.54. The quantitative estimate of drug-likeness (QED) is 0.810. The number of carbonyl (C=O) groups is 1. The molecule has 0 spiro atoms. The van der Waals surface area contributed by atoms with Crippen LogP contribution in [-0.4, -0.2) is 37.6 Å². The van der Waals surface area contributed by atoms with Crippen molar-refractivity contribution in [1.82, 2.24) is 10.3 Å². The SMILES string of the molecule is CCN(CC)c1cncc(C(=O)NCCc2ccc(OC)cc2)c1. The van der Waals surface area contributed by atoms with E-state index in [1.165, 1.54) is 0 Å². The second-order valence-corrected chi connectivity index (χ2v) is 5.46. The number of rotatable bonds is 8. The van der Waals surface area contributed by atoms with Crippen LogP contribution in [0.4, 0.5) is 5.69 Å². The topological polar surface area (TPSA) is 54.5 Å². The summed E-state index contributed by atoms with van der Waals surface area (Å²) in [6, 6.07) is 9.76. The minimum Gasteiger partial charge on any atom is -0.497 e. The predicted octanol–water partition coefficient (Wildman–Crippen LogP) is 2.91. The average Bonchev–Trinajstić information content (AvgIpc) is 2.63. The van der Waals surface area contributed by atoms with E-state index in [1.54, 1.807) is 19.5 Å². The zero-order valence-corrected chi connectivity index (χ0v) is 14.6. The summed E-state index contributed by atoms with van der Waals surface area (Å²) in [5.74, 6) is 0.743. The van der Waals surface area contributed by atoms with E-state index in [-0.39, 0.29) is 5.91 Å². The van der Waals surface area contributed by atoms with Crippen molar-refractivity contribution in [3.8, 4) is 5.75 Å². The molecule has 0 saturated heterocycles. The average molecular weight is 327 g/mol. The third-order valence-electron chi connectivity index (χ3n) is 3.97. The van der Waals surface area contributed by atoms with Crippen LogP contribution in [0.15, 0.2) is 42.7 Å². The van der Waals surface area contributed by atoms with E-state index in [2.05, 4.69) is 29.0 Å². The molecule has 0 atom stereocenters. The second kappa shape index (κ2) is 8.91. The van der Waals surface area contributed by atoms with Gasteiger partial charge in [0.2, 0.25) is 0 Å². The second-order valence-electron chi connectivity index (χ2n) is 5.46. The number of aromatic nitrogens is 1. The van der Waals surface area contributed by atoms with E-state index >= 15 is 0 Å². The first-order valence-corrected chi connectivity index (χ1v) is 8.29. The van der Waals surface area contributed by atoms with Crippen molar-refractivity contribution >= 4 is 11.6 Å².